The molecule has 122 valence electrons. The van der Waals surface area contributed by atoms with E-state index in [1.807, 2.05) is 42.5 Å². The van der Waals surface area contributed by atoms with Crippen molar-refractivity contribution < 1.29 is 4.79 Å². The summed E-state index contributed by atoms with van der Waals surface area (Å²) in [6.07, 6.45) is 0.553. The lowest BCUT2D eigenvalue weighted by Crippen LogP contribution is -2.46. The highest BCUT2D eigenvalue weighted by molar-refractivity contribution is 5.81. The van der Waals surface area contributed by atoms with Gasteiger partial charge >= 0.3 is 0 Å². The Hall–Kier alpha value is -2.13. The molecule has 0 aliphatic heterocycles. The average molecular weight is 310 g/mol. The van der Waals surface area contributed by atoms with Gasteiger partial charge in [-0.2, -0.15) is 0 Å². The molecule has 3 heteroatoms. The monoisotopic (exact) mass is 310 g/mol. The number of aryl methyl sites for hydroxylation is 1. The molecular weight excluding hydrogens is 284 g/mol. The second kappa shape index (κ2) is 7.42. The number of rotatable bonds is 6. The first kappa shape index (κ1) is 17.2. The second-order valence-electron chi connectivity index (χ2n) is 6.71. The maximum atomic E-state index is 12.3. The molecule has 1 atom stereocenters. The first-order valence-electron chi connectivity index (χ1n) is 8.03. The van der Waals surface area contributed by atoms with E-state index in [4.69, 9.17) is 5.73 Å². The number of nitrogens with two attached hydrogens (primary N) is 1. The summed E-state index contributed by atoms with van der Waals surface area (Å²) in [4.78, 5) is 12.3. The minimum atomic E-state index is -0.523. The van der Waals surface area contributed by atoms with Gasteiger partial charge in [0.2, 0.25) is 5.91 Å². The summed E-state index contributed by atoms with van der Waals surface area (Å²) in [6.45, 7) is 6.94. The van der Waals surface area contributed by atoms with Crippen LogP contribution in [0.2, 0.25) is 0 Å². The molecule has 3 nitrogen and oxygen atoms in total. The van der Waals surface area contributed by atoms with Gasteiger partial charge in [-0.15, -0.1) is 0 Å². The molecule has 3 N–H and O–H groups in total. The maximum Gasteiger partial charge on any atom is 0.237 e. The molecule has 0 heterocycles. The van der Waals surface area contributed by atoms with Crippen LogP contribution in [0.25, 0.3) is 0 Å². The standard InChI is InChI=1S/C20H26N2O/c1-15-9-7-8-12-17(15)20(2,3)14-22-19(23)18(21)13-16-10-5-4-6-11-16/h4-12,18H,13-14,21H2,1-3H3,(H,22,23)/t18-/m0/s1. The first-order valence-corrected chi connectivity index (χ1v) is 8.03. The molecule has 0 aromatic heterocycles. The van der Waals surface area contributed by atoms with Crippen molar-refractivity contribution >= 4 is 5.91 Å². The molecule has 0 spiro atoms. The lowest BCUT2D eigenvalue weighted by molar-refractivity contribution is -0.122. The van der Waals surface area contributed by atoms with Gasteiger partial charge in [0.25, 0.3) is 0 Å². The summed E-state index contributed by atoms with van der Waals surface area (Å²) in [5.41, 5.74) is 9.46. The van der Waals surface area contributed by atoms with Crippen LogP contribution in [-0.2, 0) is 16.6 Å². The van der Waals surface area contributed by atoms with E-state index < -0.39 is 6.04 Å². The van der Waals surface area contributed by atoms with E-state index >= 15 is 0 Å². The Kier molecular flexibility index (Phi) is 5.56. The summed E-state index contributed by atoms with van der Waals surface area (Å²) in [7, 11) is 0. The van der Waals surface area contributed by atoms with Crippen molar-refractivity contribution in [3.8, 4) is 0 Å². The Bertz CT molecular complexity index is 650. The Morgan fingerprint density at radius 2 is 1.70 bits per heavy atom. The third-order valence-corrected chi connectivity index (χ3v) is 4.21. The van der Waals surface area contributed by atoms with Crippen molar-refractivity contribution in [1.82, 2.24) is 5.32 Å². The number of hydrogen-bond acceptors (Lipinski definition) is 2. The third-order valence-electron chi connectivity index (χ3n) is 4.21. The van der Waals surface area contributed by atoms with Gasteiger partial charge in [0.15, 0.2) is 0 Å². The van der Waals surface area contributed by atoms with Gasteiger partial charge in [-0.1, -0.05) is 68.4 Å². The number of benzene rings is 2. The van der Waals surface area contributed by atoms with Crippen molar-refractivity contribution in [2.24, 2.45) is 5.73 Å². The summed E-state index contributed by atoms with van der Waals surface area (Å²) in [5.74, 6) is -0.101. The molecule has 2 aromatic rings. The molecule has 0 fully saturated rings. The van der Waals surface area contributed by atoms with Gasteiger partial charge in [0.1, 0.15) is 0 Å². The van der Waals surface area contributed by atoms with Crippen molar-refractivity contribution in [3.05, 3.63) is 71.3 Å². The van der Waals surface area contributed by atoms with E-state index in [2.05, 4.69) is 38.2 Å². The quantitative estimate of drug-likeness (QED) is 0.862. The van der Waals surface area contributed by atoms with E-state index in [0.29, 0.717) is 13.0 Å². The Balaban J connectivity index is 1.94. The van der Waals surface area contributed by atoms with Crippen LogP contribution in [0.3, 0.4) is 0 Å². The maximum absolute atomic E-state index is 12.3. The summed E-state index contributed by atoms with van der Waals surface area (Å²) in [6, 6.07) is 17.6. The van der Waals surface area contributed by atoms with Gasteiger partial charge < -0.3 is 11.1 Å². The van der Waals surface area contributed by atoms with Crippen LogP contribution in [0.15, 0.2) is 54.6 Å². The first-order chi connectivity index (χ1) is 10.9. The van der Waals surface area contributed by atoms with Crippen LogP contribution >= 0.6 is 0 Å². The van der Waals surface area contributed by atoms with Crippen molar-refractivity contribution in [2.75, 3.05) is 6.54 Å². The molecule has 23 heavy (non-hydrogen) atoms. The Morgan fingerprint density at radius 1 is 1.09 bits per heavy atom. The molecule has 0 aliphatic rings. The largest absolute Gasteiger partial charge is 0.354 e. The van der Waals surface area contributed by atoms with Gasteiger partial charge in [-0.05, 0) is 30.0 Å². The minimum Gasteiger partial charge on any atom is -0.354 e. The summed E-state index contributed by atoms with van der Waals surface area (Å²) >= 11 is 0. The van der Waals surface area contributed by atoms with Crippen LogP contribution in [0.5, 0.6) is 0 Å². The zero-order valence-electron chi connectivity index (χ0n) is 14.2. The summed E-state index contributed by atoms with van der Waals surface area (Å²) < 4.78 is 0. The Morgan fingerprint density at radius 3 is 2.35 bits per heavy atom. The van der Waals surface area contributed by atoms with Gasteiger partial charge in [0.05, 0.1) is 6.04 Å². The topological polar surface area (TPSA) is 55.1 Å². The van der Waals surface area contributed by atoms with Gasteiger partial charge in [-0.25, -0.2) is 0 Å². The predicted molar refractivity (Wildman–Crippen MR) is 95.3 cm³/mol. The Labute approximate surface area is 138 Å². The van der Waals surface area contributed by atoms with Crippen LogP contribution in [0.4, 0.5) is 0 Å². The molecule has 2 aromatic carbocycles. The smallest absolute Gasteiger partial charge is 0.237 e. The lowest BCUT2D eigenvalue weighted by Gasteiger charge is -2.28. The molecular formula is C20H26N2O. The van der Waals surface area contributed by atoms with Crippen molar-refractivity contribution in [2.45, 2.75) is 38.6 Å². The van der Waals surface area contributed by atoms with E-state index in [0.717, 1.165) is 5.56 Å². The molecule has 0 saturated heterocycles. The normalized spacial score (nSPS) is 12.7. The van der Waals surface area contributed by atoms with E-state index in [-0.39, 0.29) is 11.3 Å². The minimum absolute atomic E-state index is 0.101. The number of hydrogen-bond donors (Lipinski definition) is 2. The fraction of sp³-hybridized carbons (Fsp3) is 0.350. The van der Waals surface area contributed by atoms with Crippen LogP contribution in [0, 0.1) is 6.92 Å². The molecule has 0 saturated carbocycles. The highest BCUT2D eigenvalue weighted by Gasteiger charge is 2.24. The fourth-order valence-corrected chi connectivity index (χ4v) is 2.83. The lowest BCUT2D eigenvalue weighted by atomic mass is 9.82. The van der Waals surface area contributed by atoms with Gasteiger partial charge in [0, 0.05) is 12.0 Å². The van der Waals surface area contributed by atoms with Crippen molar-refractivity contribution in [3.63, 3.8) is 0 Å². The SMILES string of the molecule is Cc1ccccc1C(C)(C)CNC(=O)[C@@H](N)Cc1ccccc1. The number of carbonyl (C=O) groups excluding carboxylic acids is 1. The molecule has 2 rings (SSSR count). The van der Waals surface area contributed by atoms with Crippen LogP contribution < -0.4 is 11.1 Å². The zero-order valence-corrected chi connectivity index (χ0v) is 14.2. The molecule has 0 aliphatic carbocycles. The van der Waals surface area contributed by atoms with E-state index in [9.17, 15) is 4.79 Å². The highest BCUT2D eigenvalue weighted by Crippen LogP contribution is 2.25. The molecule has 1 amide bonds. The zero-order chi connectivity index (χ0) is 16.9. The van der Waals surface area contributed by atoms with Crippen LogP contribution in [0.1, 0.15) is 30.5 Å². The number of nitrogens with one attached hydrogen (secondary N) is 1. The third kappa shape index (κ3) is 4.67. The average Bonchev–Trinajstić information content (AvgIpc) is 2.54. The van der Waals surface area contributed by atoms with Gasteiger partial charge in [-0.3, -0.25) is 4.79 Å². The molecule has 0 bridgehead atoms. The molecule has 0 unspecified atom stereocenters. The second-order valence-corrected chi connectivity index (χ2v) is 6.71. The number of carbonyl (C=O) groups is 1. The highest BCUT2D eigenvalue weighted by atomic mass is 16.2. The van der Waals surface area contributed by atoms with Crippen molar-refractivity contribution in [1.29, 1.82) is 0 Å². The van der Waals surface area contributed by atoms with E-state index in [1.54, 1.807) is 0 Å². The van der Waals surface area contributed by atoms with Crippen LogP contribution in [-0.4, -0.2) is 18.5 Å². The number of amides is 1. The summed E-state index contributed by atoms with van der Waals surface area (Å²) in [5, 5.41) is 3.00. The van der Waals surface area contributed by atoms with E-state index in [1.165, 1.54) is 11.1 Å². The predicted octanol–water partition coefficient (Wildman–Crippen LogP) is 2.96. The molecule has 0 radical (unpaired) electrons. The fourth-order valence-electron chi connectivity index (χ4n) is 2.83.